The van der Waals surface area contributed by atoms with Crippen LogP contribution in [0.15, 0.2) is 84.0 Å². The predicted octanol–water partition coefficient (Wildman–Crippen LogP) is 3.37. The van der Waals surface area contributed by atoms with Crippen LogP contribution < -0.4 is 10.0 Å². The highest BCUT2D eigenvalue weighted by atomic mass is 32.2. The zero-order valence-electron chi connectivity index (χ0n) is 14.7. The van der Waals surface area contributed by atoms with Crippen LogP contribution in [-0.2, 0) is 10.0 Å². The summed E-state index contributed by atoms with van der Waals surface area (Å²) in [6.45, 7) is 1.86. The van der Waals surface area contributed by atoms with Crippen LogP contribution in [0.1, 0.15) is 28.9 Å². The van der Waals surface area contributed by atoms with Crippen LogP contribution in [0, 0.1) is 0 Å². The number of para-hydroxylation sites is 1. The second-order valence-electron chi connectivity index (χ2n) is 5.98. The smallest absolute Gasteiger partial charge is 0.261 e. The summed E-state index contributed by atoms with van der Waals surface area (Å²) in [7, 11) is -3.71. The second kappa shape index (κ2) is 8.01. The van der Waals surface area contributed by atoms with Crippen LogP contribution in [-0.4, -0.2) is 19.3 Å². The van der Waals surface area contributed by atoms with Gasteiger partial charge in [-0.15, -0.1) is 0 Å². The Kier molecular flexibility index (Phi) is 5.52. The van der Waals surface area contributed by atoms with E-state index in [9.17, 15) is 13.2 Å². The van der Waals surface area contributed by atoms with Crippen LogP contribution in [0.5, 0.6) is 0 Å². The van der Waals surface area contributed by atoms with Crippen molar-refractivity contribution in [1.29, 1.82) is 0 Å². The van der Waals surface area contributed by atoms with E-state index in [-0.39, 0.29) is 16.8 Å². The molecule has 2 aromatic carbocycles. The summed E-state index contributed by atoms with van der Waals surface area (Å²) in [6, 6.07) is 17.9. The second-order valence-corrected chi connectivity index (χ2v) is 7.66. The summed E-state index contributed by atoms with van der Waals surface area (Å²) in [5, 5.41) is 2.87. The minimum atomic E-state index is -3.71. The average molecular weight is 381 g/mol. The Hall–Kier alpha value is -3.19. The number of sulfonamides is 1. The lowest BCUT2D eigenvalue weighted by molar-refractivity contribution is 0.0939. The summed E-state index contributed by atoms with van der Waals surface area (Å²) in [5.41, 5.74) is 1.74. The van der Waals surface area contributed by atoms with Crippen molar-refractivity contribution in [3.63, 3.8) is 0 Å². The molecular weight excluding hydrogens is 362 g/mol. The number of hydrogen-bond acceptors (Lipinski definition) is 4. The largest absolute Gasteiger partial charge is 0.345 e. The number of rotatable bonds is 6. The molecule has 0 unspecified atom stereocenters. The maximum Gasteiger partial charge on any atom is 0.261 e. The fraction of sp³-hybridized carbons (Fsp3) is 0.100. The Labute approximate surface area is 158 Å². The van der Waals surface area contributed by atoms with Crippen molar-refractivity contribution in [1.82, 2.24) is 10.3 Å². The lowest BCUT2D eigenvalue weighted by atomic mass is 10.1. The average Bonchev–Trinajstić information content (AvgIpc) is 2.69. The highest BCUT2D eigenvalue weighted by molar-refractivity contribution is 7.92. The van der Waals surface area contributed by atoms with Crippen molar-refractivity contribution in [2.75, 3.05) is 4.72 Å². The molecule has 3 rings (SSSR count). The fourth-order valence-electron chi connectivity index (χ4n) is 2.50. The van der Waals surface area contributed by atoms with Gasteiger partial charge < -0.3 is 5.32 Å². The van der Waals surface area contributed by atoms with Gasteiger partial charge in [-0.3, -0.25) is 14.5 Å². The molecule has 0 bridgehead atoms. The number of anilines is 1. The number of carbonyl (C=O) groups is 1. The normalized spacial score (nSPS) is 12.2. The van der Waals surface area contributed by atoms with Crippen molar-refractivity contribution in [2.45, 2.75) is 17.9 Å². The van der Waals surface area contributed by atoms with Crippen molar-refractivity contribution in [2.24, 2.45) is 0 Å². The summed E-state index contributed by atoms with van der Waals surface area (Å²) in [4.78, 5) is 16.5. The molecule has 0 aliphatic rings. The Morgan fingerprint density at radius 3 is 2.30 bits per heavy atom. The quantitative estimate of drug-likeness (QED) is 0.685. The summed E-state index contributed by atoms with van der Waals surface area (Å²) >= 11 is 0. The number of hydrogen-bond donors (Lipinski definition) is 2. The monoisotopic (exact) mass is 381 g/mol. The van der Waals surface area contributed by atoms with E-state index >= 15 is 0 Å². The molecule has 0 radical (unpaired) electrons. The summed E-state index contributed by atoms with van der Waals surface area (Å²) in [5.74, 6) is -0.286. The Morgan fingerprint density at radius 2 is 1.67 bits per heavy atom. The first kappa shape index (κ1) is 18.6. The number of nitrogens with zero attached hydrogens (tertiary/aromatic N) is 1. The van der Waals surface area contributed by atoms with Crippen LogP contribution in [0.4, 0.5) is 5.69 Å². The molecule has 3 aromatic rings. The van der Waals surface area contributed by atoms with Crippen molar-refractivity contribution in [3.8, 4) is 0 Å². The highest BCUT2D eigenvalue weighted by Crippen LogP contribution is 2.17. The molecule has 1 aromatic heterocycles. The maximum absolute atomic E-state index is 12.4. The number of pyridine rings is 1. The van der Waals surface area contributed by atoms with Gasteiger partial charge in [0, 0.05) is 23.6 Å². The first-order chi connectivity index (χ1) is 13.0. The zero-order chi connectivity index (χ0) is 19.3. The molecule has 0 fully saturated rings. The number of benzene rings is 2. The van der Waals surface area contributed by atoms with E-state index < -0.39 is 10.0 Å². The molecule has 0 saturated heterocycles. The van der Waals surface area contributed by atoms with Crippen LogP contribution >= 0.6 is 0 Å². The third-order valence-corrected chi connectivity index (χ3v) is 5.38. The molecule has 0 saturated carbocycles. The Bertz CT molecular complexity index is 1010. The van der Waals surface area contributed by atoms with Gasteiger partial charge in [0.1, 0.15) is 0 Å². The standard InChI is InChI=1S/C20H19N3O3S/c1-15(17-6-5-13-21-14-17)22-20(24)16-9-11-19(12-10-16)27(25,26)23-18-7-3-2-4-8-18/h2-15,23H,1H3,(H,22,24)/t15-/m1/s1. The fourth-order valence-corrected chi connectivity index (χ4v) is 3.56. The van der Waals surface area contributed by atoms with Gasteiger partial charge in [0.25, 0.3) is 15.9 Å². The van der Waals surface area contributed by atoms with Gasteiger partial charge in [0.05, 0.1) is 10.9 Å². The van der Waals surface area contributed by atoms with Crippen molar-refractivity contribution < 1.29 is 13.2 Å². The van der Waals surface area contributed by atoms with Gasteiger partial charge in [0.2, 0.25) is 0 Å². The van der Waals surface area contributed by atoms with Gasteiger partial charge in [0.15, 0.2) is 0 Å². The number of nitrogens with one attached hydrogen (secondary N) is 2. The third-order valence-electron chi connectivity index (χ3n) is 3.98. The summed E-state index contributed by atoms with van der Waals surface area (Å²) in [6.07, 6.45) is 3.36. The molecule has 0 spiro atoms. The van der Waals surface area contributed by atoms with Crippen LogP contribution in [0.25, 0.3) is 0 Å². The molecule has 6 nitrogen and oxygen atoms in total. The summed E-state index contributed by atoms with van der Waals surface area (Å²) < 4.78 is 27.4. The van der Waals surface area contributed by atoms with E-state index in [1.807, 2.05) is 13.0 Å². The molecule has 1 atom stereocenters. The van der Waals surface area contributed by atoms with Gasteiger partial charge in [-0.05, 0) is 55.0 Å². The van der Waals surface area contributed by atoms with Gasteiger partial charge in [-0.1, -0.05) is 24.3 Å². The van der Waals surface area contributed by atoms with Crippen LogP contribution in [0.2, 0.25) is 0 Å². The van der Waals surface area contributed by atoms with Gasteiger partial charge in [-0.25, -0.2) is 8.42 Å². The topological polar surface area (TPSA) is 88.2 Å². The van der Waals surface area contributed by atoms with Gasteiger partial charge in [-0.2, -0.15) is 0 Å². The zero-order valence-corrected chi connectivity index (χ0v) is 15.5. The number of carbonyl (C=O) groups excluding carboxylic acids is 1. The minimum Gasteiger partial charge on any atom is -0.345 e. The molecule has 1 heterocycles. The first-order valence-corrected chi connectivity index (χ1v) is 9.83. The number of aromatic nitrogens is 1. The maximum atomic E-state index is 12.4. The van der Waals surface area contributed by atoms with E-state index in [0.29, 0.717) is 11.3 Å². The molecule has 2 N–H and O–H groups in total. The first-order valence-electron chi connectivity index (χ1n) is 8.34. The lowest BCUT2D eigenvalue weighted by Crippen LogP contribution is -2.26. The molecule has 27 heavy (non-hydrogen) atoms. The van der Waals surface area contributed by atoms with E-state index in [2.05, 4.69) is 15.0 Å². The SMILES string of the molecule is C[C@@H](NC(=O)c1ccc(S(=O)(=O)Nc2ccccc2)cc1)c1cccnc1. The number of amides is 1. The van der Waals surface area contributed by atoms with E-state index in [1.54, 1.807) is 48.8 Å². The minimum absolute atomic E-state index is 0.0863. The van der Waals surface area contributed by atoms with Crippen molar-refractivity contribution >= 4 is 21.6 Å². The molecule has 1 amide bonds. The Balaban J connectivity index is 1.70. The van der Waals surface area contributed by atoms with E-state index in [0.717, 1.165) is 5.56 Å². The van der Waals surface area contributed by atoms with Gasteiger partial charge >= 0.3 is 0 Å². The molecular formula is C20H19N3O3S. The van der Waals surface area contributed by atoms with Crippen molar-refractivity contribution in [3.05, 3.63) is 90.3 Å². The predicted molar refractivity (Wildman–Crippen MR) is 104 cm³/mol. The lowest BCUT2D eigenvalue weighted by Gasteiger charge is -2.14. The Morgan fingerprint density at radius 1 is 0.963 bits per heavy atom. The highest BCUT2D eigenvalue weighted by Gasteiger charge is 2.16. The molecule has 0 aliphatic heterocycles. The molecule has 7 heteroatoms. The van der Waals surface area contributed by atoms with E-state index in [1.165, 1.54) is 24.3 Å². The molecule has 0 aliphatic carbocycles. The van der Waals surface area contributed by atoms with E-state index in [4.69, 9.17) is 0 Å². The third kappa shape index (κ3) is 4.71. The van der Waals surface area contributed by atoms with Crippen LogP contribution in [0.3, 0.4) is 0 Å². The molecule has 138 valence electrons.